The van der Waals surface area contributed by atoms with Gasteiger partial charge in [-0.25, -0.2) is 9.67 Å². The minimum atomic E-state index is 0.332. The fraction of sp³-hybridized carbons (Fsp3) is 0.706. The van der Waals surface area contributed by atoms with Crippen LogP contribution in [0.1, 0.15) is 44.2 Å². The molecule has 1 unspecified atom stereocenters. The van der Waals surface area contributed by atoms with Crippen molar-refractivity contribution in [1.29, 1.82) is 0 Å². The summed E-state index contributed by atoms with van der Waals surface area (Å²) in [7, 11) is 1.96. The highest BCUT2D eigenvalue weighted by Crippen LogP contribution is 2.35. The van der Waals surface area contributed by atoms with Crippen molar-refractivity contribution in [2.75, 3.05) is 24.5 Å². The molecule has 130 valence electrons. The van der Waals surface area contributed by atoms with Gasteiger partial charge in [0.2, 0.25) is 5.91 Å². The van der Waals surface area contributed by atoms with Gasteiger partial charge in [0, 0.05) is 39.1 Å². The number of hydrogen-bond donors (Lipinski definition) is 0. The molecule has 2 aliphatic heterocycles. The average molecular weight is 347 g/mol. The molecular weight excluding hydrogens is 322 g/mol. The van der Waals surface area contributed by atoms with E-state index in [9.17, 15) is 4.79 Å². The molecule has 24 heavy (non-hydrogen) atoms. The SMILES string of the molecule is Cc1nn(C)c2nc(N3CCCCC3CCN3CCCC3=O)sc12. The third-order valence-electron chi connectivity index (χ3n) is 5.31. The summed E-state index contributed by atoms with van der Waals surface area (Å²) in [6.45, 7) is 4.96. The van der Waals surface area contributed by atoms with Crippen LogP contribution in [-0.4, -0.2) is 51.2 Å². The van der Waals surface area contributed by atoms with Gasteiger partial charge in [0.25, 0.3) is 0 Å². The van der Waals surface area contributed by atoms with Crippen LogP contribution in [0.4, 0.5) is 5.13 Å². The van der Waals surface area contributed by atoms with Crippen LogP contribution in [0.2, 0.25) is 0 Å². The number of thiazole rings is 1. The molecule has 0 aromatic carbocycles. The third kappa shape index (κ3) is 2.79. The fourth-order valence-corrected chi connectivity index (χ4v) is 5.12. The molecule has 2 aliphatic rings. The van der Waals surface area contributed by atoms with E-state index < -0.39 is 0 Å². The third-order valence-corrected chi connectivity index (χ3v) is 6.50. The zero-order valence-corrected chi connectivity index (χ0v) is 15.3. The molecule has 0 aliphatic carbocycles. The van der Waals surface area contributed by atoms with Crippen LogP contribution in [0.25, 0.3) is 10.3 Å². The summed E-state index contributed by atoms with van der Waals surface area (Å²) in [5.74, 6) is 0.332. The number of likely N-dealkylation sites (tertiary alicyclic amines) is 1. The first-order valence-electron chi connectivity index (χ1n) is 8.98. The molecule has 2 aromatic rings. The monoisotopic (exact) mass is 347 g/mol. The maximum absolute atomic E-state index is 11.8. The molecular formula is C17H25N5OS. The first-order chi connectivity index (χ1) is 11.6. The molecule has 6 nitrogen and oxygen atoms in total. The van der Waals surface area contributed by atoms with Crippen LogP contribution in [-0.2, 0) is 11.8 Å². The number of fused-ring (bicyclic) bond motifs is 1. The van der Waals surface area contributed by atoms with Crippen molar-refractivity contribution in [3.63, 3.8) is 0 Å². The van der Waals surface area contributed by atoms with Crippen LogP contribution in [0.15, 0.2) is 0 Å². The first kappa shape index (κ1) is 15.9. The van der Waals surface area contributed by atoms with Gasteiger partial charge < -0.3 is 9.80 Å². The topological polar surface area (TPSA) is 54.3 Å². The summed E-state index contributed by atoms with van der Waals surface area (Å²) in [6.07, 6.45) is 6.52. The highest BCUT2D eigenvalue weighted by molar-refractivity contribution is 7.22. The number of piperidine rings is 1. The predicted octanol–water partition coefficient (Wildman–Crippen LogP) is 2.71. The number of aromatic nitrogens is 3. The molecule has 0 spiro atoms. The van der Waals surface area contributed by atoms with E-state index in [0.717, 1.165) is 55.4 Å². The van der Waals surface area contributed by atoms with E-state index in [1.165, 1.54) is 24.0 Å². The minimum Gasteiger partial charge on any atom is -0.345 e. The van der Waals surface area contributed by atoms with E-state index in [2.05, 4.69) is 16.9 Å². The molecule has 1 amide bonds. The van der Waals surface area contributed by atoms with E-state index in [1.807, 2.05) is 16.6 Å². The number of carbonyl (C=O) groups excluding carboxylic acids is 1. The minimum absolute atomic E-state index is 0.332. The lowest BCUT2D eigenvalue weighted by Crippen LogP contribution is -2.42. The van der Waals surface area contributed by atoms with Crippen molar-refractivity contribution in [1.82, 2.24) is 19.7 Å². The van der Waals surface area contributed by atoms with Gasteiger partial charge in [-0.05, 0) is 39.0 Å². The second-order valence-electron chi connectivity index (χ2n) is 6.97. The molecule has 1 atom stereocenters. The molecule has 0 N–H and O–H groups in total. The van der Waals surface area contributed by atoms with Crippen LogP contribution in [0, 0.1) is 6.92 Å². The van der Waals surface area contributed by atoms with Gasteiger partial charge >= 0.3 is 0 Å². The number of hydrogen-bond acceptors (Lipinski definition) is 5. The lowest BCUT2D eigenvalue weighted by molar-refractivity contribution is -0.127. The molecule has 0 bridgehead atoms. The Morgan fingerprint density at radius 2 is 2.12 bits per heavy atom. The van der Waals surface area contributed by atoms with Gasteiger partial charge in [0.15, 0.2) is 10.8 Å². The van der Waals surface area contributed by atoms with Crippen LogP contribution in [0.3, 0.4) is 0 Å². The van der Waals surface area contributed by atoms with E-state index in [-0.39, 0.29) is 0 Å². The Kier molecular flexibility index (Phi) is 4.20. The Labute approximate surface area is 146 Å². The van der Waals surface area contributed by atoms with Crippen LogP contribution < -0.4 is 4.90 Å². The van der Waals surface area contributed by atoms with E-state index in [4.69, 9.17) is 4.98 Å². The van der Waals surface area contributed by atoms with Crippen molar-refractivity contribution < 1.29 is 4.79 Å². The normalized spacial score (nSPS) is 22.1. The van der Waals surface area contributed by atoms with Gasteiger partial charge in [-0.15, -0.1) is 0 Å². The second kappa shape index (κ2) is 6.35. The van der Waals surface area contributed by atoms with Gasteiger partial charge in [-0.2, -0.15) is 5.10 Å². The predicted molar refractivity (Wildman–Crippen MR) is 96.5 cm³/mol. The average Bonchev–Trinajstić information content (AvgIpc) is 3.25. The summed E-state index contributed by atoms with van der Waals surface area (Å²) in [5.41, 5.74) is 2.05. The standard InChI is InChI=1S/C17H25N5OS/c1-12-15-16(20(2)19-12)18-17(24-15)22-10-4-3-6-13(22)8-11-21-9-5-7-14(21)23/h13H,3-11H2,1-2H3. The van der Waals surface area contributed by atoms with Crippen molar-refractivity contribution in [2.45, 2.75) is 51.5 Å². The van der Waals surface area contributed by atoms with Gasteiger partial charge in [-0.1, -0.05) is 11.3 Å². The Morgan fingerprint density at radius 1 is 1.25 bits per heavy atom. The number of anilines is 1. The fourth-order valence-electron chi connectivity index (χ4n) is 3.99. The Morgan fingerprint density at radius 3 is 2.88 bits per heavy atom. The van der Waals surface area contributed by atoms with Crippen molar-refractivity contribution >= 4 is 32.7 Å². The molecule has 0 radical (unpaired) electrons. The summed E-state index contributed by atoms with van der Waals surface area (Å²) >= 11 is 1.76. The highest BCUT2D eigenvalue weighted by atomic mass is 32.1. The molecule has 4 rings (SSSR count). The number of carbonyl (C=O) groups is 1. The highest BCUT2D eigenvalue weighted by Gasteiger charge is 2.28. The van der Waals surface area contributed by atoms with E-state index in [1.54, 1.807) is 11.3 Å². The van der Waals surface area contributed by atoms with Crippen molar-refractivity contribution in [2.24, 2.45) is 7.05 Å². The van der Waals surface area contributed by atoms with Crippen LogP contribution >= 0.6 is 11.3 Å². The number of rotatable bonds is 4. The van der Waals surface area contributed by atoms with E-state index >= 15 is 0 Å². The molecule has 2 aromatic heterocycles. The van der Waals surface area contributed by atoms with Crippen molar-refractivity contribution in [3.8, 4) is 0 Å². The first-order valence-corrected chi connectivity index (χ1v) is 9.79. The summed E-state index contributed by atoms with van der Waals surface area (Å²) in [4.78, 5) is 21.2. The number of amides is 1. The van der Waals surface area contributed by atoms with E-state index in [0.29, 0.717) is 11.9 Å². The number of nitrogens with zero attached hydrogens (tertiary/aromatic N) is 5. The quantitative estimate of drug-likeness (QED) is 0.853. The summed E-state index contributed by atoms with van der Waals surface area (Å²) in [6, 6.07) is 0.501. The summed E-state index contributed by atoms with van der Waals surface area (Å²) in [5, 5.41) is 5.58. The zero-order chi connectivity index (χ0) is 16.7. The lowest BCUT2D eigenvalue weighted by atomic mass is 10.00. The summed E-state index contributed by atoms with van der Waals surface area (Å²) < 4.78 is 3.08. The second-order valence-corrected chi connectivity index (χ2v) is 7.95. The molecule has 2 saturated heterocycles. The maximum atomic E-state index is 11.8. The Hall–Kier alpha value is -1.63. The van der Waals surface area contributed by atoms with Gasteiger partial charge in [-0.3, -0.25) is 4.79 Å². The molecule has 7 heteroatoms. The Balaban J connectivity index is 1.52. The lowest BCUT2D eigenvalue weighted by Gasteiger charge is -2.36. The largest absolute Gasteiger partial charge is 0.345 e. The molecule has 4 heterocycles. The molecule has 2 fully saturated rings. The maximum Gasteiger partial charge on any atom is 0.222 e. The number of aryl methyl sites for hydroxylation is 2. The van der Waals surface area contributed by atoms with Gasteiger partial charge in [0.1, 0.15) is 0 Å². The smallest absolute Gasteiger partial charge is 0.222 e. The van der Waals surface area contributed by atoms with Gasteiger partial charge in [0.05, 0.1) is 10.4 Å². The zero-order valence-electron chi connectivity index (χ0n) is 14.5. The van der Waals surface area contributed by atoms with Crippen LogP contribution in [0.5, 0.6) is 0 Å². The molecule has 0 saturated carbocycles. The Bertz CT molecular complexity index is 717. The van der Waals surface area contributed by atoms with Crippen molar-refractivity contribution in [3.05, 3.63) is 5.69 Å².